The van der Waals surface area contributed by atoms with Gasteiger partial charge in [-0.3, -0.25) is 0 Å². The number of carbonyl (C=O) groups is 6. The molecule has 28 heteroatoms. The number of hydrogen-bond donors (Lipinski definition) is 8. The predicted octanol–water partition coefficient (Wildman–Crippen LogP) is -0.715. The highest BCUT2D eigenvalue weighted by Gasteiger charge is 2.58. The van der Waals surface area contributed by atoms with E-state index in [1.165, 1.54) is 106 Å². The topological polar surface area (TPSA) is 393 Å². The molecule has 4 saturated heterocycles. The van der Waals surface area contributed by atoms with Crippen molar-refractivity contribution in [2.24, 2.45) is 0 Å². The number of esters is 6. The summed E-state index contributed by atoms with van der Waals surface area (Å²) in [6.07, 6.45) is -32.3. The van der Waals surface area contributed by atoms with Crippen molar-refractivity contribution in [3.8, 4) is 0 Å². The molecule has 4 fully saturated rings. The second kappa shape index (κ2) is 32.0. The van der Waals surface area contributed by atoms with Crippen molar-refractivity contribution in [2.45, 2.75) is 206 Å². The maximum atomic E-state index is 13.3. The molecule has 0 aromatic carbocycles. The second-order valence-corrected chi connectivity index (χ2v) is 19.3. The van der Waals surface area contributed by atoms with Crippen LogP contribution in [-0.2, 0) is 95.1 Å². The quantitative estimate of drug-likeness (QED) is 0.0271. The lowest BCUT2D eigenvalue weighted by Gasteiger charge is -2.49. The fourth-order valence-electron chi connectivity index (χ4n) is 7.91. The average Bonchev–Trinajstić information content (AvgIpc) is 3.63. The molecule has 0 aromatic rings. The third-order valence-electron chi connectivity index (χ3n) is 13.9. The number of hydrogen-bond acceptors (Lipinski definition) is 28. The normalized spacial score (nSPS) is 35.3. The van der Waals surface area contributed by atoms with Crippen LogP contribution in [0, 0.1) is 0 Å². The summed E-state index contributed by atoms with van der Waals surface area (Å²) in [4.78, 5) is 78.2. The number of ether oxygens (including phenoxy) is 14. The van der Waals surface area contributed by atoms with Crippen LogP contribution >= 0.6 is 0 Å². The van der Waals surface area contributed by atoms with Crippen molar-refractivity contribution in [1.29, 1.82) is 0 Å². The Labute approximate surface area is 473 Å². The van der Waals surface area contributed by atoms with Crippen molar-refractivity contribution >= 4 is 35.8 Å². The molecule has 4 rings (SSSR count). The van der Waals surface area contributed by atoms with Gasteiger partial charge in [0.2, 0.25) is 0 Å². The third kappa shape index (κ3) is 17.1. The molecule has 4 aliphatic heterocycles. The smallest absolute Gasteiger partial charge is 0.335 e. The van der Waals surface area contributed by atoms with Crippen LogP contribution in [0.2, 0.25) is 0 Å². The van der Waals surface area contributed by atoms with Crippen LogP contribution in [-0.4, -0.2) is 226 Å². The summed E-state index contributed by atoms with van der Waals surface area (Å²) in [5.74, 6) is -5.71. The Morgan fingerprint density at radius 3 is 1.06 bits per heavy atom. The van der Waals surface area contributed by atoms with Gasteiger partial charge in [-0.15, -0.1) is 0 Å². The Hall–Kier alpha value is -5.38. The van der Waals surface area contributed by atoms with E-state index in [0.29, 0.717) is 0 Å². The van der Waals surface area contributed by atoms with Crippen LogP contribution in [0.15, 0.2) is 69.9 Å². The Morgan fingerprint density at radius 1 is 0.354 bits per heavy atom. The lowest BCUT2D eigenvalue weighted by Crippen LogP contribution is -2.68. The first-order chi connectivity index (χ1) is 38.8. The highest BCUT2D eigenvalue weighted by molar-refractivity contribution is 5.90. The van der Waals surface area contributed by atoms with Crippen LogP contribution in [0.25, 0.3) is 0 Å². The van der Waals surface area contributed by atoms with E-state index in [0.717, 1.165) is 0 Å². The molecule has 0 aromatic heterocycles. The summed E-state index contributed by atoms with van der Waals surface area (Å²) in [6.45, 7) is 13.9. The average molecular weight is 1180 g/mol. The van der Waals surface area contributed by atoms with Gasteiger partial charge in [0.1, 0.15) is 73.8 Å². The fraction of sp³-hybridized carbons (Fsp3) is 0.667. The van der Waals surface area contributed by atoms with Gasteiger partial charge in [-0.2, -0.15) is 0 Å². The minimum Gasteiger partial charge on any atom is -0.459 e. The summed E-state index contributed by atoms with van der Waals surface area (Å²) in [5.41, 5.74) is 0.467. The molecular weight excluding hydrogens is 1100 g/mol. The number of carbonyl (C=O) groups excluding carboxylic acids is 6. The van der Waals surface area contributed by atoms with E-state index in [4.69, 9.17) is 66.3 Å². The molecule has 0 unspecified atom stereocenters. The summed E-state index contributed by atoms with van der Waals surface area (Å²) in [7, 11) is 0. The van der Waals surface area contributed by atoms with Gasteiger partial charge in [-0.05, 0) is 83.1 Å². The zero-order valence-electron chi connectivity index (χ0n) is 47.6. The van der Waals surface area contributed by atoms with E-state index in [-0.39, 0.29) is 33.4 Å². The zero-order valence-corrected chi connectivity index (χ0v) is 47.6. The van der Waals surface area contributed by atoms with E-state index in [1.54, 1.807) is 13.8 Å². The molecule has 4 heterocycles. The van der Waals surface area contributed by atoms with Crippen molar-refractivity contribution in [1.82, 2.24) is 0 Å². The molecule has 0 bridgehead atoms. The minimum atomic E-state index is -2.30. The molecule has 28 nitrogen and oxygen atoms in total. The number of rotatable bonds is 23. The second-order valence-electron chi connectivity index (χ2n) is 19.3. The first-order valence-corrected chi connectivity index (χ1v) is 26.2. The van der Waals surface area contributed by atoms with Crippen LogP contribution in [0.3, 0.4) is 0 Å². The van der Waals surface area contributed by atoms with E-state index in [2.05, 4.69) is 0 Å². The number of aliphatic hydroxyl groups excluding tert-OH is 8. The van der Waals surface area contributed by atoms with E-state index < -0.39 is 185 Å². The molecular formula is C54H78O28. The van der Waals surface area contributed by atoms with Gasteiger partial charge in [-0.25, -0.2) is 28.8 Å². The number of aliphatic hydroxyl groups is 8. The van der Waals surface area contributed by atoms with Crippen LogP contribution in [0.5, 0.6) is 0 Å². The van der Waals surface area contributed by atoms with Gasteiger partial charge in [0, 0.05) is 33.4 Å². The van der Waals surface area contributed by atoms with Gasteiger partial charge in [0.15, 0.2) is 62.7 Å². The fourth-order valence-corrected chi connectivity index (χ4v) is 7.91. The SMILES string of the molecule is C/C=C(\C)C(=O)OCO[C@H]1O[C@@H](O[C@H]2O[C@H](COC(=O)/C(C)=C/C)[C@@H](O)[C@H](O)[C@H]2O[C@@H]2O[C@H](CO)[C@@H](OC(=O)/C(C)=C/C)[C@H](OC(=O)/C(C)=C/C)[C@H]2O)[C@H](O[C@@H]2O[C@H](CO)[C@@H](OC(=O)/C(C)=C/C)[C@H](OC(=O)/C(C)=C/C)[C@H]2O)[C@@H](O)[C@@H]1O. The Morgan fingerprint density at radius 2 is 0.683 bits per heavy atom. The maximum absolute atomic E-state index is 13.3. The van der Waals surface area contributed by atoms with Gasteiger partial charge in [0.25, 0.3) is 0 Å². The van der Waals surface area contributed by atoms with Crippen molar-refractivity contribution < 1.29 is 136 Å². The van der Waals surface area contributed by atoms with E-state index >= 15 is 0 Å². The first-order valence-electron chi connectivity index (χ1n) is 26.2. The molecule has 82 heavy (non-hydrogen) atoms. The molecule has 462 valence electrons. The summed E-state index contributed by atoms with van der Waals surface area (Å²) in [6, 6.07) is 0. The molecule has 0 aliphatic carbocycles. The van der Waals surface area contributed by atoms with Crippen LogP contribution in [0.1, 0.15) is 83.1 Å². The van der Waals surface area contributed by atoms with Gasteiger partial charge in [0.05, 0.1) is 13.2 Å². The maximum Gasteiger partial charge on any atom is 0.335 e. The van der Waals surface area contributed by atoms with Gasteiger partial charge < -0.3 is 107 Å². The molecule has 0 amide bonds. The summed E-state index contributed by atoms with van der Waals surface area (Å²) < 4.78 is 80.9. The first kappa shape index (κ1) is 69.1. The van der Waals surface area contributed by atoms with Crippen molar-refractivity contribution in [2.75, 3.05) is 26.6 Å². The van der Waals surface area contributed by atoms with E-state index in [1.807, 2.05) is 0 Å². The van der Waals surface area contributed by atoms with E-state index in [9.17, 15) is 69.6 Å². The van der Waals surface area contributed by atoms with Gasteiger partial charge in [-0.1, -0.05) is 36.5 Å². The monoisotopic (exact) mass is 1170 g/mol. The molecule has 0 saturated carbocycles. The van der Waals surface area contributed by atoms with Crippen LogP contribution < -0.4 is 0 Å². The van der Waals surface area contributed by atoms with Gasteiger partial charge >= 0.3 is 35.8 Å². The minimum absolute atomic E-state index is 0.0272. The lowest BCUT2D eigenvalue weighted by molar-refractivity contribution is -0.430. The largest absolute Gasteiger partial charge is 0.459 e. The standard InChI is InChI=1S/C54H78O28/c1-13-23(7)44(63)69-21-31-32(57)33(58)42(79-51-36(61)40(77-48(67)27(11)17-5)38(29(19-55)72-51)75-46(65)25(9)15-3)53(74-31)82-54-43(34(59)35(60)50(81-54)71-22-70-45(64)24(8)14-2)80-52-37(62)41(78-49(68)28(12)18-6)39(30(20-56)73-52)76-47(66)26(10)16-4/h13-18,29-43,50-62H,19-22H2,1-12H3/b23-13+,24-14+,25-15+,26-16+,27-17+,28-18+/t29-,30-,31-,32-,33+,34+,35+,36-,37-,38-,39-,40-,41-,42-,43-,50+,51+,52+,53-,54+/m1/s1. The lowest BCUT2D eigenvalue weighted by atomic mass is 9.96. The zero-order chi connectivity index (χ0) is 61.4. The highest BCUT2D eigenvalue weighted by Crippen LogP contribution is 2.37. The predicted molar refractivity (Wildman–Crippen MR) is 275 cm³/mol. The van der Waals surface area contributed by atoms with Crippen molar-refractivity contribution in [3.05, 3.63) is 69.9 Å². The third-order valence-corrected chi connectivity index (χ3v) is 13.9. The highest BCUT2D eigenvalue weighted by atomic mass is 16.9. The Bertz CT molecular complexity index is 2390. The molecule has 0 radical (unpaired) electrons. The van der Waals surface area contributed by atoms with Crippen LogP contribution in [0.4, 0.5) is 0 Å². The Kier molecular flexibility index (Phi) is 27.0. The summed E-state index contributed by atoms with van der Waals surface area (Å²) >= 11 is 0. The van der Waals surface area contributed by atoms with Crippen molar-refractivity contribution in [3.63, 3.8) is 0 Å². The molecule has 8 N–H and O–H groups in total. The molecule has 0 spiro atoms. The molecule has 20 atom stereocenters. The molecule has 4 aliphatic rings. The Balaban J connectivity index is 1.87. The number of allylic oxidation sites excluding steroid dienone is 6. The summed E-state index contributed by atoms with van der Waals surface area (Å²) in [5, 5.41) is 92.3.